The van der Waals surface area contributed by atoms with Crippen molar-refractivity contribution in [2.24, 2.45) is 5.73 Å². The highest BCUT2D eigenvalue weighted by molar-refractivity contribution is 7.98. The number of rotatable bonds is 11. The second-order valence-electron chi connectivity index (χ2n) is 6.29. The van der Waals surface area contributed by atoms with Crippen LogP contribution in [-0.2, 0) is 24.0 Å². The summed E-state index contributed by atoms with van der Waals surface area (Å²) in [6.45, 7) is -0.157. The van der Waals surface area contributed by atoms with Gasteiger partial charge in [0.1, 0.15) is 18.1 Å². The van der Waals surface area contributed by atoms with Crippen molar-refractivity contribution in [3.05, 3.63) is 0 Å². The lowest BCUT2D eigenvalue weighted by Crippen LogP contribution is -2.56. The minimum Gasteiger partial charge on any atom is -0.481 e. The van der Waals surface area contributed by atoms with E-state index in [1.807, 2.05) is 6.26 Å². The standard InChI is InChI=1S/C16H26N4O7S/c1-28-6-4-9(15(25)20-5-2-3-11(20)16(26)27)19-14(24)10(7-13(22)23)18-12(21)8-17/h9-11H,2-8,17H2,1H3,(H,18,21)(H,19,24)(H,22,23)(H,26,27). The SMILES string of the molecule is CSCCC(NC(=O)C(CC(=O)O)NC(=O)CN)C(=O)N1CCCC1C(=O)O. The van der Waals surface area contributed by atoms with E-state index in [0.717, 1.165) is 0 Å². The Morgan fingerprint density at radius 3 is 2.39 bits per heavy atom. The van der Waals surface area contributed by atoms with Crippen LogP contribution in [0.15, 0.2) is 0 Å². The van der Waals surface area contributed by atoms with Crippen LogP contribution >= 0.6 is 11.8 Å². The van der Waals surface area contributed by atoms with E-state index in [9.17, 15) is 29.1 Å². The van der Waals surface area contributed by atoms with Crippen LogP contribution in [0.3, 0.4) is 0 Å². The second-order valence-corrected chi connectivity index (χ2v) is 7.28. The first-order valence-electron chi connectivity index (χ1n) is 8.75. The van der Waals surface area contributed by atoms with Crippen LogP contribution in [-0.4, -0.2) is 88.0 Å². The molecule has 1 fully saturated rings. The molecule has 1 heterocycles. The van der Waals surface area contributed by atoms with Crippen molar-refractivity contribution >= 4 is 41.4 Å². The third-order valence-electron chi connectivity index (χ3n) is 4.26. The van der Waals surface area contributed by atoms with Crippen LogP contribution in [0.5, 0.6) is 0 Å². The van der Waals surface area contributed by atoms with Gasteiger partial charge in [-0.05, 0) is 31.3 Å². The zero-order chi connectivity index (χ0) is 21.3. The number of nitrogens with one attached hydrogen (secondary N) is 2. The smallest absolute Gasteiger partial charge is 0.326 e. The minimum absolute atomic E-state index is 0.235. The molecule has 0 aromatic heterocycles. The predicted molar refractivity (Wildman–Crippen MR) is 101 cm³/mol. The molecule has 28 heavy (non-hydrogen) atoms. The van der Waals surface area contributed by atoms with Crippen molar-refractivity contribution in [1.29, 1.82) is 0 Å². The second kappa shape index (κ2) is 11.5. The molecule has 3 atom stereocenters. The van der Waals surface area contributed by atoms with Gasteiger partial charge in [-0.1, -0.05) is 0 Å². The Morgan fingerprint density at radius 2 is 1.86 bits per heavy atom. The average Bonchev–Trinajstić information content (AvgIpc) is 3.13. The fourth-order valence-electron chi connectivity index (χ4n) is 2.89. The number of hydrogen-bond donors (Lipinski definition) is 5. The zero-order valence-electron chi connectivity index (χ0n) is 15.6. The lowest BCUT2D eigenvalue weighted by atomic mass is 10.1. The summed E-state index contributed by atoms with van der Waals surface area (Å²) in [6, 6.07) is -3.37. The van der Waals surface area contributed by atoms with E-state index in [-0.39, 0.29) is 13.0 Å². The molecular weight excluding hydrogens is 392 g/mol. The summed E-state index contributed by atoms with van der Waals surface area (Å²) >= 11 is 1.44. The first-order valence-corrected chi connectivity index (χ1v) is 10.1. The lowest BCUT2D eigenvalue weighted by Gasteiger charge is -2.28. The lowest BCUT2D eigenvalue weighted by molar-refractivity contribution is -0.149. The van der Waals surface area contributed by atoms with E-state index in [1.165, 1.54) is 16.7 Å². The minimum atomic E-state index is -1.40. The summed E-state index contributed by atoms with van der Waals surface area (Å²) in [5.74, 6) is -3.99. The fraction of sp³-hybridized carbons (Fsp3) is 0.688. The number of amides is 3. The van der Waals surface area contributed by atoms with E-state index >= 15 is 0 Å². The fourth-order valence-corrected chi connectivity index (χ4v) is 3.36. The van der Waals surface area contributed by atoms with E-state index in [4.69, 9.17) is 10.8 Å². The van der Waals surface area contributed by atoms with Crippen LogP contribution in [0.2, 0.25) is 0 Å². The maximum atomic E-state index is 12.8. The van der Waals surface area contributed by atoms with Gasteiger partial charge in [-0.2, -0.15) is 11.8 Å². The van der Waals surface area contributed by atoms with Gasteiger partial charge in [0, 0.05) is 6.54 Å². The topological polar surface area (TPSA) is 179 Å². The van der Waals surface area contributed by atoms with Crippen molar-refractivity contribution in [2.45, 2.75) is 43.8 Å². The van der Waals surface area contributed by atoms with Crippen LogP contribution in [0.25, 0.3) is 0 Å². The molecule has 0 aromatic rings. The van der Waals surface area contributed by atoms with Crippen molar-refractivity contribution in [3.8, 4) is 0 Å². The van der Waals surface area contributed by atoms with Gasteiger partial charge in [-0.3, -0.25) is 19.2 Å². The number of carboxylic acid groups (broad SMARTS) is 2. The highest BCUT2D eigenvalue weighted by Crippen LogP contribution is 2.19. The van der Waals surface area contributed by atoms with E-state index < -0.39 is 60.8 Å². The highest BCUT2D eigenvalue weighted by Gasteiger charge is 2.38. The van der Waals surface area contributed by atoms with Crippen LogP contribution in [0.4, 0.5) is 0 Å². The molecule has 3 amide bonds. The molecule has 0 spiro atoms. The zero-order valence-corrected chi connectivity index (χ0v) is 16.4. The van der Waals surface area contributed by atoms with Gasteiger partial charge in [0.05, 0.1) is 13.0 Å². The molecule has 0 aromatic carbocycles. The Hall–Kier alpha value is -2.34. The molecule has 11 nitrogen and oxygen atoms in total. The molecular formula is C16H26N4O7S. The molecule has 1 saturated heterocycles. The molecule has 0 saturated carbocycles. The number of thioether (sulfide) groups is 1. The summed E-state index contributed by atoms with van der Waals surface area (Å²) in [4.78, 5) is 60.4. The number of carbonyl (C=O) groups excluding carboxylic acids is 3. The normalized spacial score (nSPS) is 18.2. The van der Waals surface area contributed by atoms with Crippen LogP contribution < -0.4 is 16.4 Å². The molecule has 3 unspecified atom stereocenters. The van der Waals surface area contributed by atoms with Gasteiger partial charge in [0.2, 0.25) is 17.7 Å². The van der Waals surface area contributed by atoms with E-state index in [0.29, 0.717) is 18.6 Å². The number of aliphatic carboxylic acids is 2. The predicted octanol–water partition coefficient (Wildman–Crippen LogP) is -1.78. The average molecular weight is 418 g/mol. The van der Waals surface area contributed by atoms with Gasteiger partial charge in [-0.25, -0.2) is 4.79 Å². The number of likely N-dealkylation sites (tertiary alicyclic amines) is 1. The maximum absolute atomic E-state index is 12.8. The van der Waals surface area contributed by atoms with E-state index in [2.05, 4.69) is 10.6 Å². The third kappa shape index (κ3) is 7.00. The molecule has 12 heteroatoms. The molecule has 1 rings (SSSR count). The van der Waals surface area contributed by atoms with E-state index in [1.54, 1.807) is 0 Å². The summed E-state index contributed by atoms with van der Waals surface area (Å²) in [5.41, 5.74) is 5.18. The highest BCUT2D eigenvalue weighted by atomic mass is 32.2. The Kier molecular flexibility index (Phi) is 9.73. The third-order valence-corrected chi connectivity index (χ3v) is 4.91. The van der Waals surface area contributed by atoms with Crippen LogP contribution in [0.1, 0.15) is 25.7 Å². The summed E-state index contributed by atoms with van der Waals surface area (Å²) in [5, 5.41) is 22.9. The number of nitrogens with zero attached hydrogens (tertiary/aromatic N) is 1. The molecule has 0 bridgehead atoms. The molecule has 0 aliphatic carbocycles. The Labute approximate surface area is 166 Å². The molecule has 0 radical (unpaired) electrons. The summed E-state index contributed by atoms with van der Waals surface area (Å²) in [7, 11) is 0. The number of carboxylic acids is 2. The summed E-state index contributed by atoms with van der Waals surface area (Å²) in [6.07, 6.45) is 2.24. The largest absolute Gasteiger partial charge is 0.481 e. The van der Waals surface area contributed by atoms with Gasteiger partial charge < -0.3 is 31.5 Å². The van der Waals surface area contributed by atoms with Crippen LogP contribution in [0, 0.1) is 0 Å². The Morgan fingerprint density at radius 1 is 1.18 bits per heavy atom. The first-order chi connectivity index (χ1) is 13.2. The van der Waals surface area contributed by atoms with Crippen molar-refractivity contribution in [2.75, 3.05) is 25.1 Å². The Bertz CT molecular complexity index is 616. The molecule has 1 aliphatic heterocycles. The van der Waals surface area contributed by atoms with Crippen molar-refractivity contribution < 1.29 is 34.2 Å². The quantitative estimate of drug-likeness (QED) is 0.259. The molecule has 1 aliphatic rings. The first kappa shape index (κ1) is 23.7. The van der Waals surface area contributed by atoms with Gasteiger partial charge in [-0.15, -0.1) is 0 Å². The number of hydrogen-bond acceptors (Lipinski definition) is 7. The molecule has 6 N–H and O–H groups in total. The summed E-state index contributed by atoms with van der Waals surface area (Å²) < 4.78 is 0. The Balaban J connectivity index is 2.93. The van der Waals surface area contributed by atoms with Gasteiger partial charge in [0.15, 0.2) is 0 Å². The van der Waals surface area contributed by atoms with Crippen molar-refractivity contribution in [1.82, 2.24) is 15.5 Å². The van der Waals surface area contributed by atoms with Gasteiger partial charge >= 0.3 is 11.9 Å². The van der Waals surface area contributed by atoms with Gasteiger partial charge in [0.25, 0.3) is 0 Å². The molecule has 158 valence electrons. The maximum Gasteiger partial charge on any atom is 0.326 e. The number of carbonyl (C=O) groups is 5. The van der Waals surface area contributed by atoms with Crippen molar-refractivity contribution in [3.63, 3.8) is 0 Å². The monoisotopic (exact) mass is 418 g/mol. The number of nitrogens with two attached hydrogens (primary N) is 1.